The van der Waals surface area contributed by atoms with Crippen molar-refractivity contribution in [2.45, 2.75) is 12.8 Å². The summed E-state index contributed by atoms with van der Waals surface area (Å²) >= 11 is 0. The molecule has 0 atom stereocenters. The molecular formula is C14H12N2O. The summed E-state index contributed by atoms with van der Waals surface area (Å²) in [5.41, 5.74) is 9.94. The van der Waals surface area contributed by atoms with E-state index < -0.39 is 0 Å². The van der Waals surface area contributed by atoms with E-state index in [1.807, 2.05) is 18.2 Å². The number of hydrogen-bond donors (Lipinski definition) is 1. The number of nitrogens with two attached hydrogens (primary N) is 1. The van der Waals surface area contributed by atoms with E-state index in [1.54, 1.807) is 18.5 Å². The SMILES string of the molecule is Nc1ccc2c(c1)C(=O)c1cnccc1CC2. The quantitative estimate of drug-likeness (QED) is 0.696. The molecule has 84 valence electrons. The third-order valence-electron chi connectivity index (χ3n) is 3.20. The van der Waals surface area contributed by atoms with Crippen molar-refractivity contribution in [1.82, 2.24) is 4.98 Å². The van der Waals surface area contributed by atoms with E-state index in [4.69, 9.17) is 5.73 Å². The van der Waals surface area contributed by atoms with Crippen LogP contribution in [0.3, 0.4) is 0 Å². The van der Waals surface area contributed by atoms with Gasteiger partial charge in [-0.25, -0.2) is 0 Å². The van der Waals surface area contributed by atoms with Gasteiger partial charge in [-0.15, -0.1) is 0 Å². The third-order valence-corrected chi connectivity index (χ3v) is 3.20. The summed E-state index contributed by atoms with van der Waals surface area (Å²) in [7, 11) is 0. The maximum Gasteiger partial charge on any atom is 0.195 e. The van der Waals surface area contributed by atoms with Gasteiger partial charge < -0.3 is 5.73 Å². The molecule has 0 aliphatic heterocycles. The standard InChI is InChI=1S/C14H12N2O/c15-11-4-3-9-1-2-10-5-6-16-8-13(10)14(17)12(9)7-11/h3-8H,1-2,15H2. The van der Waals surface area contributed by atoms with Gasteiger partial charge in [0, 0.05) is 29.2 Å². The summed E-state index contributed by atoms with van der Waals surface area (Å²) < 4.78 is 0. The van der Waals surface area contributed by atoms with Gasteiger partial charge in [-0.3, -0.25) is 9.78 Å². The number of rotatable bonds is 0. The molecule has 1 aliphatic carbocycles. The van der Waals surface area contributed by atoms with Crippen LogP contribution in [0.5, 0.6) is 0 Å². The molecule has 0 radical (unpaired) electrons. The summed E-state index contributed by atoms with van der Waals surface area (Å²) in [4.78, 5) is 16.4. The molecule has 2 N–H and O–H groups in total. The van der Waals surface area contributed by atoms with Gasteiger partial charge in [0.2, 0.25) is 0 Å². The van der Waals surface area contributed by atoms with E-state index >= 15 is 0 Å². The number of nitrogen functional groups attached to an aromatic ring is 1. The van der Waals surface area contributed by atoms with Crippen molar-refractivity contribution >= 4 is 11.5 Å². The van der Waals surface area contributed by atoms with Crippen molar-refractivity contribution in [2.75, 3.05) is 5.73 Å². The van der Waals surface area contributed by atoms with Crippen LogP contribution in [0.2, 0.25) is 0 Å². The molecule has 0 amide bonds. The van der Waals surface area contributed by atoms with Crippen molar-refractivity contribution in [3.05, 3.63) is 58.9 Å². The predicted octanol–water partition coefficient (Wildman–Crippen LogP) is 1.99. The molecule has 0 unspecified atom stereocenters. The van der Waals surface area contributed by atoms with Gasteiger partial charge in [0.1, 0.15) is 0 Å². The summed E-state index contributed by atoms with van der Waals surface area (Å²) in [5.74, 6) is 0.0351. The Kier molecular flexibility index (Phi) is 2.18. The first kappa shape index (κ1) is 10.0. The Balaban J connectivity index is 2.22. The largest absolute Gasteiger partial charge is 0.399 e. The van der Waals surface area contributed by atoms with Crippen LogP contribution < -0.4 is 5.73 Å². The Morgan fingerprint density at radius 2 is 1.82 bits per heavy atom. The Morgan fingerprint density at radius 1 is 1.06 bits per heavy atom. The van der Waals surface area contributed by atoms with E-state index in [1.165, 1.54) is 0 Å². The van der Waals surface area contributed by atoms with E-state index in [0.29, 0.717) is 11.3 Å². The van der Waals surface area contributed by atoms with Gasteiger partial charge in [-0.2, -0.15) is 0 Å². The van der Waals surface area contributed by atoms with Crippen LogP contribution in [0.4, 0.5) is 5.69 Å². The highest BCUT2D eigenvalue weighted by molar-refractivity contribution is 6.11. The molecule has 17 heavy (non-hydrogen) atoms. The zero-order chi connectivity index (χ0) is 11.8. The number of aromatic nitrogens is 1. The van der Waals surface area contributed by atoms with Gasteiger partial charge in [0.05, 0.1) is 0 Å². The van der Waals surface area contributed by atoms with Crippen LogP contribution >= 0.6 is 0 Å². The Labute approximate surface area is 99.3 Å². The molecular weight excluding hydrogens is 212 g/mol. The van der Waals surface area contributed by atoms with Crippen LogP contribution in [0.1, 0.15) is 27.0 Å². The maximum atomic E-state index is 12.4. The van der Waals surface area contributed by atoms with Crippen molar-refractivity contribution in [1.29, 1.82) is 0 Å². The van der Waals surface area contributed by atoms with Crippen molar-refractivity contribution in [3.63, 3.8) is 0 Å². The van der Waals surface area contributed by atoms with E-state index in [0.717, 1.165) is 29.5 Å². The number of pyridine rings is 1. The van der Waals surface area contributed by atoms with Crippen molar-refractivity contribution < 1.29 is 4.79 Å². The number of nitrogens with zero attached hydrogens (tertiary/aromatic N) is 1. The smallest absolute Gasteiger partial charge is 0.195 e. The van der Waals surface area contributed by atoms with Crippen LogP contribution in [0, 0.1) is 0 Å². The number of hydrogen-bond acceptors (Lipinski definition) is 3. The molecule has 0 bridgehead atoms. The average molecular weight is 224 g/mol. The average Bonchev–Trinajstić information content (AvgIpc) is 2.49. The second kappa shape index (κ2) is 3.70. The predicted molar refractivity (Wildman–Crippen MR) is 65.9 cm³/mol. The summed E-state index contributed by atoms with van der Waals surface area (Å²) in [6.45, 7) is 0. The molecule has 1 heterocycles. The highest BCUT2D eigenvalue weighted by atomic mass is 16.1. The fourth-order valence-corrected chi connectivity index (χ4v) is 2.28. The topological polar surface area (TPSA) is 56.0 Å². The molecule has 2 aromatic rings. The fourth-order valence-electron chi connectivity index (χ4n) is 2.28. The van der Waals surface area contributed by atoms with Gasteiger partial charge in [-0.1, -0.05) is 6.07 Å². The van der Waals surface area contributed by atoms with Crippen LogP contribution in [0.25, 0.3) is 0 Å². The first-order chi connectivity index (χ1) is 8.25. The lowest BCUT2D eigenvalue weighted by molar-refractivity contribution is 0.103. The Morgan fingerprint density at radius 3 is 2.65 bits per heavy atom. The van der Waals surface area contributed by atoms with Crippen LogP contribution in [0.15, 0.2) is 36.7 Å². The number of ketones is 1. The number of carbonyl (C=O) groups excluding carboxylic acids is 1. The number of carbonyl (C=O) groups is 1. The third kappa shape index (κ3) is 1.60. The maximum absolute atomic E-state index is 12.4. The van der Waals surface area contributed by atoms with Crippen molar-refractivity contribution in [2.24, 2.45) is 0 Å². The minimum Gasteiger partial charge on any atom is -0.399 e. The molecule has 0 fully saturated rings. The minimum absolute atomic E-state index is 0.0351. The highest BCUT2D eigenvalue weighted by Gasteiger charge is 2.20. The molecule has 1 aromatic heterocycles. The molecule has 3 heteroatoms. The van der Waals surface area contributed by atoms with Crippen molar-refractivity contribution in [3.8, 4) is 0 Å². The normalized spacial score (nSPS) is 13.8. The lowest BCUT2D eigenvalue weighted by Gasteiger charge is -2.05. The number of fused-ring (bicyclic) bond motifs is 2. The Hall–Kier alpha value is -2.16. The molecule has 3 nitrogen and oxygen atoms in total. The van der Waals surface area contributed by atoms with E-state index in [-0.39, 0.29) is 5.78 Å². The Bertz CT molecular complexity index is 605. The lowest BCUT2D eigenvalue weighted by atomic mass is 10.00. The van der Waals surface area contributed by atoms with Gasteiger partial charge in [-0.05, 0) is 42.2 Å². The second-order valence-electron chi connectivity index (χ2n) is 4.28. The second-order valence-corrected chi connectivity index (χ2v) is 4.28. The first-order valence-electron chi connectivity index (χ1n) is 5.62. The summed E-state index contributed by atoms with van der Waals surface area (Å²) in [6.07, 6.45) is 5.13. The summed E-state index contributed by atoms with van der Waals surface area (Å²) in [6, 6.07) is 7.48. The molecule has 0 spiro atoms. The van der Waals surface area contributed by atoms with Gasteiger partial charge >= 0.3 is 0 Å². The number of benzene rings is 1. The zero-order valence-electron chi connectivity index (χ0n) is 9.31. The number of anilines is 1. The van der Waals surface area contributed by atoms with E-state index in [2.05, 4.69) is 4.98 Å². The first-order valence-corrected chi connectivity index (χ1v) is 5.62. The number of aryl methyl sites for hydroxylation is 2. The fraction of sp³-hybridized carbons (Fsp3) is 0.143. The van der Waals surface area contributed by atoms with Gasteiger partial charge in [0.25, 0.3) is 0 Å². The molecule has 0 saturated heterocycles. The zero-order valence-corrected chi connectivity index (χ0v) is 9.31. The molecule has 1 aliphatic rings. The monoisotopic (exact) mass is 224 g/mol. The summed E-state index contributed by atoms with van der Waals surface area (Å²) in [5, 5.41) is 0. The van der Waals surface area contributed by atoms with E-state index in [9.17, 15) is 4.79 Å². The molecule has 1 aromatic carbocycles. The molecule has 3 rings (SSSR count). The van der Waals surface area contributed by atoms with Crippen LogP contribution in [-0.2, 0) is 12.8 Å². The molecule has 0 saturated carbocycles. The minimum atomic E-state index is 0.0351. The van der Waals surface area contributed by atoms with Gasteiger partial charge in [0.15, 0.2) is 5.78 Å². The lowest BCUT2D eigenvalue weighted by Crippen LogP contribution is -2.05. The highest BCUT2D eigenvalue weighted by Crippen LogP contribution is 2.25. The van der Waals surface area contributed by atoms with Crippen LogP contribution in [-0.4, -0.2) is 10.8 Å².